The fourth-order valence-corrected chi connectivity index (χ4v) is 2.57. The topological polar surface area (TPSA) is 3.24 Å². The minimum Gasteiger partial charge on any atom is -0.372 e. The van der Waals surface area contributed by atoms with Crippen LogP contribution in [0.2, 0.25) is 0 Å². The number of hydrogen-bond acceptors (Lipinski definition) is 1. The molecule has 0 unspecified atom stereocenters. The summed E-state index contributed by atoms with van der Waals surface area (Å²) >= 11 is 0. The van der Waals surface area contributed by atoms with Crippen LogP contribution >= 0.6 is 0 Å². The van der Waals surface area contributed by atoms with Crippen molar-refractivity contribution in [2.24, 2.45) is 0 Å². The summed E-state index contributed by atoms with van der Waals surface area (Å²) in [5.41, 5.74) is 1.36. The third-order valence-electron chi connectivity index (χ3n) is 3.76. The maximum Gasteiger partial charge on any atom is 0.0372 e. The van der Waals surface area contributed by atoms with Gasteiger partial charge in [0, 0.05) is 18.8 Å². The Morgan fingerprint density at radius 2 is 1.63 bits per heavy atom. The van der Waals surface area contributed by atoms with Crippen LogP contribution in [0.3, 0.4) is 0 Å². The number of fused-ring (bicyclic) bond motifs is 1. The summed E-state index contributed by atoms with van der Waals surface area (Å²) in [6.45, 7) is 6.77. The van der Waals surface area contributed by atoms with E-state index in [0.29, 0.717) is 0 Å². The second-order valence-corrected chi connectivity index (χ2v) is 5.17. The lowest BCUT2D eigenvalue weighted by Gasteiger charge is -2.23. The highest BCUT2D eigenvalue weighted by atomic mass is 15.1. The summed E-state index contributed by atoms with van der Waals surface area (Å²) in [7, 11) is 0. The first-order valence-electron chi connectivity index (χ1n) is 7.59. The van der Waals surface area contributed by atoms with Gasteiger partial charge in [-0.25, -0.2) is 0 Å². The van der Waals surface area contributed by atoms with Crippen molar-refractivity contribution in [1.82, 2.24) is 0 Å². The average molecular weight is 255 g/mol. The molecule has 102 valence electrons. The lowest BCUT2D eigenvalue weighted by molar-refractivity contribution is 0.649. The van der Waals surface area contributed by atoms with Gasteiger partial charge in [0.15, 0.2) is 0 Å². The van der Waals surface area contributed by atoms with E-state index in [1.807, 2.05) is 0 Å². The zero-order valence-corrected chi connectivity index (χ0v) is 12.2. The maximum atomic E-state index is 2.49. The van der Waals surface area contributed by atoms with E-state index in [9.17, 15) is 0 Å². The highest BCUT2D eigenvalue weighted by Crippen LogP contribution is 2.22. The van der Waals surface area contributed by atoms with E-state index in [1.54, 1.807) is 0 Å². The molecule has 0 N–H and O–H groups in total. The van der Waals surface area contributed by atoms with Gasteiger partial charge in [-0.05, 0) is 36.2 Å². The summed E-state index contributed by atoms with van der Waals surface area (Å²) in [5.74, 6) is 0. The van der Waals surface area contributed by atoms with Gasteiger partial charge in [0.1, 0.15) is 0 Å². The molecule has 1 heteroatoms. The first-order valence-corrected chi connectivity index (χ1v) is 7.59. The Labute approximate surface area is 117 Å². The third kappa shape index (κ3) is 3.73. The lowest BCUT2D eigenvalue weighted by Crippen LogP contribution is -2.23. The average Bonchev–Trinajstić information content (AvgIpc) is 2.47. The summed E-state index contributed by atoms with van der Waals surface area (Å²) in [5, 5.41) is 2.67. The Bertz CT molecular complexity index is 504. The smallest absolute Gasteiger partial charge is 0.0372 e. The second-order valence-electron chi connectivity index (χ2n) is 5.17. The summed E-state index contributed by atoms with van der Waals surface area (Å²) in [6, 6.07) is 15.4. The van der Waals surface area contributed by atoms with E-state index >= 15 is 0 Å². The Balaban J connectivity index is 2.07. The molecule has 0 atom stereocenters. The highest BCUT2D eigenvalue weighted by molar-refractivity contribution is 5.85. The minimum absolute atomic E-state index is 1.09. The summed E-state index contributed by atoms with van der Waals surface area (Å²) in [6.07, 6.45) is 5.31. The Morgan fingerprint density at radius 1 is 0.842 bits per heavy atom. The van der Waals surface area contributed by atoms with Crippen molar-refractivity contribution < 1.29 is 0 Å². The molecule has 0 aliphatic carbocycles. The molecule has 1 nitrogen and oxygen atoms in total. The molecule has 19 heavy (non-hydrogen) atoms. The van der Waals surface area contributed by atoms with Gasteiger partial charge in [0.05, 0.1) is 0 Å². The Hall–Kier alpha value is -1.50. The molecule has 2 rings (SSSR count). The molecule has 0 aliphatic rings. The fourth-order valence-electron chi connectivity index (χ4n) is 2.57. The quantitative estimate of drug-likeness (QED) is 0.611. The number of rotatable bonds is 7. The molecule has 0 bridgehead atoms. The van der Waals surface area contributed by atoms with Crippen LogP contribution in [-0.4, -0.2) is 13.1 Å². The van der Waals surface area contributed by atoms with Crippen LogP contribution in [-0.2, 0) is 0 Å². The van der Waals surface area contributed by atoms with Crippen LogP contribution in [0.1, 0.15) is 39.5 Å². The first kappa shape index (κ1) is 13.9. The lowest BCUT2D eigenvalue weighted by atomic mass is 10.1. The van der Waals surface area contributed by atoms with Crippen LogP contribution in [0.15, 0.2) is 42.5 Å². The number of nitrogens with zero attached hydrogens (tertiary/aromatic N) is 1. The monoisotopic (exact) mass is 255 g/mol. The molecular formula is C18H25N. The molecule has 0 amide bonds. The van der Waals surface area contributed by atoms with E-state index in [2.05, 4.69) is 61.2 Å². The van der Waals surface area contributed by atoms with Crippen molar-refractivity contribution in [3.8, 4) is 0 Å². The van der Waals surface area contributed by atoms with Gasteiger partial charge in [0.25, 0.3) is 0 Å². The molecule has 0 saturated heterocycles. The molecule has 2 aromatic carbocycles. The van der Waals surface area contributed by atoms with Gasteiger partial charge in [-0.15, -0.1) is 0 Å². The van der Waals surface area contributed by atoms with E-state index in [4.69, 9.17) is 0 Å². The fraction of sp³-hybridized carbons (Fsp3) is 0.444. The van der Waals surface area contributed by atoms with Gasteiger partial charge < -0.3 is 4.90 Å². The number of benzene rings is 2. The van der Waals surface area contributed by atoms with Gasteiger partial charge in [-0.1, -0.05) is 56.5 Å². The van der Waals surface area contributed by atoms with E-state index < -0.39 is 0 Å². The van der Waals surface area contributed by atoms with Gasteiger partial charge in [-0.2, -0.15) is 0 Å². The molecular weight excluding hydrogens is 230 g/mol. The number of hydrogen-bond donors (Lipinski definition) is 0. The van der Waals surface area contributed by atoms with Gasteiger partial charge in [-0.3, -0.25) is 0 Å². The number of unbranched alkanes of at least 4 members (excludes halogenated alkanes) is 3. The van der Waals surface area contributed by atoms with E-state index in [1.165, 1.54) is 48.7 Å². The molecule has 0 aliphatic heterocycles. The van der Waals surface area contributed by atoms with Crippen LogP contribution in [0.25, 0.3) is 10.8 Å². The van der Waals surface area contributed by atoms with Crippen molar-refractivity contribution in [2.75, 3.05) is 18.0 Å². The molecule has 0 saturated carbocycles. The molecule has 0 radical (unpaired) electrons. The summed E-state index contributed by atoms with van der Waals surface area (Å²) < 4.78 is 0. The van der Waals surface area contributed by atoms with Gasteiger partial charge >= 0.3 is 0 Å². The molecule has 2 aromatic rings. The van der Waals surface area contributed by atoms with E-state index in [-0.39, 0.29) is 0 Å². The van der Waals surface area contributed by atoms with Crippen LogP contribution in [0, 0.1) is 0 Å². The minimum atomic E-state index is 1.09. The van der Waals surface area contributed by atoms with Crippen LogP contribution in [0.4, 0.5) is 5.69 Å². The first-order chi connectivity index (χ1) is 9.35. The summed E-state index contributed by atoms with van der Waals surface area (Å²) in [4.78, 5) is 2.49. The van der Waals surface area contributed by atoms with Crippen LogP contribution in [0.5, 0.6) is 0 Å². The zero-order chi connectivity index (χ0) is 13.5. The Morgan fingerprint density at radius 3 is 2.37 bits per heavy atom. The molecule has 0 fully saturated rings. The molecule has 0 aromatic heterocycles. The normalized spacial score (nSPS) is 10.8. The SMILES string of the molecule is CCCCCCN(CC)c1ccc2ccccc2c1. The Kier molecular flexibility index (Phi) is 5.26. The second kappa shape index (κ2) is 7.18. The van der Waals surface area contributed by atoms with Gasteiger partial charge in [0.2, 0.25) is 0 Å². The molecule has 0 spiro atoms. The standard InChI is InChI=1S/C18H25N/c1-3-5-6-9-14-19(4-2)18-13-12-16-10-7-8-11-17(16)15-18/h7-8,10-13,15H,3-6,9,14H2,1-2H3. The van der Waals surface area contributed by atoms with Crippen LogP contribution < -0.4 is 4.90 Å². The van der Waals surface area contributed by atoms with Crippen molar-refractivity contribution in [2.45, 2.75) is 39.5 Å². The van der Waals surface area contributed by atoms with Crippen molar-refractivity contribution >= 4 is 16.5 Å². The van der Waals surface area contributed by atoms with Crippen molar-refractivity contribution in [1.29, 1.82) is 0 Å². The van der Waals surface area contributed by atoms with Crippen molar-refractivity contribution in [3.63, 3.8) is 0 Å². The molecule has 0 heterocycles. The highest BCUT2D eigenvalue weighted by Gasteiger charge is 2.04. The predicted molar refractivity (Wildman–Crippen MR) is 86.0 cm³/mol. The largest absolute Gasteiger partial charge is 0.372 e. The number of anilines is 1. The third-order valence-corrected chi connectivity index (χ3v) is 3.76. The maximum absolute atomic E-state index is 2.49. The van der Waals surface area contributed by atoms with Crippen molar-refractivity contribution in [3.05, 3.63) is 42.5 Å². The van der Waals surface area contributed by atoms with E-state index in [0.717, 1.165) is 6.54 Å². The predicted octanol–water partition coefficient (Wildman–Crippen LogP) is 5.25. The zero-order valence-electron chi connectivity index (χ0n) is 12.2.